The van der Waals surface area contributed by atoms with Gasteiger partial charge in [0.1, 0.15) is 0 Å². The van der Waals surface area contributed by atoms with E-state index in [9.17, 15) is 19.2 Å². The molecule has 7 nitrogen and oxygen atoms in total. The van der Waals surface area contributed by atoms with Crippen LogP contribution in [-0.2, 0) is 19.2 Å². The third-order valence-electron chi connectivity index (χ3n) is 4.80. The summed E-state index contributed by atoms with van der Waals surface area (Å²) in [4.78, 5) is 47.5. The van der Waals surface area contributed by atoms with Gasteiger partial charge in [-0.2, -0.15) is 0 Å². The van der Waals surface area contributed by atoms with Crippen LogP contribution in [0.15, 0.2) is 12.2 Å². The van der Waals surface area contributed by atoms with E-state index in [-0.39, 0.29) is 36.6 Å². The molecule has 1 unspecified atom stereocenters. The number of rotatable bonds is 14. The number of carbonyl (C=O) groups is 4. The Kier molecular flexibility index (Phi) is 11.1. The number of imide groups is 1. The molecule has 0 radical (unpaired) electrons. The van der Waals surface area contributed by atoms with Gasteiger partial charge in [-0.25, -0.2) is 0 Å². The molecule has 0 aliphatic carbocycles. The van der Waals surface area contributed by atoms with E-state index in [0.29, 0.717) is 31.8 Å². The highest BCUT2D eigenvalue weighted by Crippen LogP contribution is 2.16. The smallest absolute Gasteiger partial charge is 0.253 e. The second kappa shape index (κ2) is 13.1. The maximum Gasteiger partial charge on any atom is 0.253 e. The second-order valence-corrected chi connectivity index (χ2v) is 7.93. The third-order valence-corrected chi connectivity index (χ3v) is 4.80. The average Bonchev–Trinajstić information content (AvgIpc) is 2.95. The van der Waals surface area contributed by atoms with Crippen LogP contribution in [0.3, 0.4) is 0 Å². The largest absolute Gasteiger partial charge is 0.354 e. The van der Waals surface area contributed by atoms with Crippen LogP contribution in [0.4, 0.5) is 0 Å². The van der Waals surface area contributed by atoms with E-state index in [1.165, 1.54) is 25.0 Å². The highest BCUT2D eigenvalue weighted by Gasteiger charge is 2.22. The molecule has 0 aromatic carbocycles. The fourth-order valence-electron chi connectivity index (χ4n) is 3.03. The zero-order valence-electron chi connectivity index (χ0n) is 17.5. The number of hydrogen-bond donors (Lipinski definition) is 2. The van der Waals surface area contributed by atoms with Crippen molar-refractivity contribution in [3.05, 3.63) is 12.2 Å². The van der Waals surface area contributed by atoms with Crippen molar-refractivity contribution in [1.82, 2.24) is 15.5 Å². The van der Waals surface area contributed by atoms with E-state index >= 15 is 0 Å². The first-order valence-electron chi connectivity index (χ1n) is 10.4. The van der Waals surface area contributed by atoms with Crippen molar-refractivity contribution in [2.45, 2.75) is 65.7 Å². The molecule has 0 fully saturated rings. The summed E-state index contributed by atoms with van der Waals surface area (Å²) < 4.78 is 0. The summed E-state index contributed by atoms with van der Waals surface area (Å²) in [5.41, 5.74) is 0. The molecule has 0 aromatic rings. The maximum absolute atomic E-state index is 11.9. The van der Waals surface area contributed by atoms with Crippen molar-refractivity contribution in [1.29, 1.82) is 0 Å². The fourth-order valence-corrected chi connectivity index (χ4v) is 3.03. The minimum atomic E-state index is -0.331. The van der Waals surface area contributed by atoms with Crippen LogP contribution in [0.2, 0.25) is 0 Å². The Hall–Kier alpha value is -2.18. The number of carbonyl (C=O) groups excluding carboxylic acids is 4. The lowest BCUT2D eigenvalue weighted by Crippen LogP contribution is -2.35. The molecule has 0 saturated carbocycles. The van der Waals surface area contributed by atoms with Gasteiger partial charge in [-0.3, -0.25) is 24.1 Å². The van der Waals surface area contributed by atoms with Crippen LogP contribution < -0.4 is 10.6 Å². The molecule has 1 rings (SSSR count). The lowest BCUT2D eigenvalue weighted by atomic mass is 9.96. The minimum absolute atomic E-state index is 0.0171. The molecule has 0 aromatic heterocycles. The molecule has 7 heteroatoms. The zero-order chi connectivity index (χ0) is 20.9. The quantitative estimate of drug-likeness (QED) is 0.349. The van der Waals surface area contributed by atoms with E-state index in [1.807, 2.05) is 0 Å². The highest BCUT2D eigenvalue weighted by molar-refractivity contribution is 6.12. The SMILES string of the molecule is CC(C)CCCC(C)CCC(=O)NCCNC(=O)CCCN1C(=O)C=CC1=O. The second-order valence-electron chi connectivity index (χ2n) is 7.93. The monoisotopic (exact) mass is 393 g/mol. The summed E-state index contributed by atoms with van der Waals surface area (Å²) in [6.45, 7) is 7.65. The predicted molar refractivity (Wildman–Crippen MR) is 108 cm³/mol. The topological polar surface area (TPSA) is 95.6 Å². The minimum Gasteiger partial charge on any atom is -0.354 e. The van der Waals surface area contributed by atoms with E-state index < -0.39 is 0 Å². The van der Waals surface area contributed by atoms with E-state index in [2.05, 4.69) is 31.4 Å². The van der Waals surface area contributed by atoms with Crippen molar-refractivity contribution in [3.63, 3.8) is 0 Å². The Labute approximate surface area is 168 Å². The summed E-state index contributed by atoms with van der Waals surface area (Å²) in [5.74, 6) is 0.481. The molecule has 2 N–H and O–H groups in total. The molecule has 28 heavy (non-hydrogen) atoms. The van der Waals surface area contributed by atoms with Crippen molar-refractivity contribution in [2.24, 2.45) is 11.8 Å². The van der Waals surface area contributed by atoms with Gasteiger partial charge in [0.15, 0.2) is 0 Å². The molecule has 0 bridgehead atoms. The first kappa shape index (κ1) is 23.9. The van der Waals surface area contributed by atoms with E-state index in [0.717, 1.165) is 23.7 Å². The van der Waals surface area contributed by atoms with Crippen molar-refractivity contribution in [3.8, 4) is 0 Å². The van der Waals surface area contributed by atoms with Gasteiger partial charge < -0.3 is 10.6 Å². The summed E-state index contributed by atoms with van der Waals surface area (Å²) in [6.07, 6.45) is 8.13. The Bertz CT molecular complexity index is 554. The van der Waals surface area contributed by atoms with Gasteiger partial charge >= 0.3 is 0 Å². The van der Waals surface area contributed by atoms with Gasteiger partial charge in [-0.15, -0.1) is 0 Å². The fraction of sp³-hybridized carbons (Fsp3) is 0.714. The molecule has 0 saturated heterocycles. The van der Waals surface area contributed by atoms with Crippen LogP contribution in [0.25, 0.3) is 0 Å². The van der Waals surface area contributed by atoms with Crippen LogP contribution in [-0.4, -0.2) is 48.2 Å². The Morgan fingerprint density at radius 1 is 0.857 bits per heavy atom. The van der Waals surface area contributed by atoms with Crippen LogP contribution >= 0.6 is 0 Å². The molecular weight excluding hydrogens is 358 g/mol. The molecule has 1 aliphatic rings. The molecule has 158 valence electrons. The summed E-state index contributed by atoms with van der Waals surface area (Å²) in [6, 6.07) is 0. The lowest BCUT2D eigenvalue weighted by Gasteiger charge is -2.13. The first-order chi connectivity index (χ1) is 13.3. The average molecular weight is 394 g/mol. The highest BCUT2D eigenvalue weighted by atomic mass is 16.2. The molecule has 4 amide bonds. The van der Waals surface area contributed by atoms with Gasteiger partial charge in [-0.1, -0.05) is 40.0 Å². The van der Waals surface area contributed by atoms with Gasteiger partial charge in [0, 0.05) is 44.6 Å². The Morgan fingerprint density at radius 2 is 1.43 bits per heavy atom. The lowest BCUT2D eigenvalue weighted by molar-refractivity contribution is -0.137. The molecule has 0 spiro atoms. The number of hydrogen-bond acceptors (Lipinski definition) is 4. The zero-order valence-corrected chi connectivity index (χ0v) is 17.5. The van der Waals surface area contributed by atoms with E-state index in [1.54, 1.807) is 0 Å². The van der Waals surface area contributed by atoms with Crippen molar-refractivity contribution < 1.29 is 19.2 Å². The summed E-state index contributed by atoms with van der Waals surface area (Å²) >= 11 is 0. The first-order valence-corrected chi connectivity index (χ1v) is 10.4. The summed E-state index contributed by atoms with van der Waals surface area (Å²) in [7, 11) is 0. The van der Waals surface area contributed by atoms with Crippen molar-refractivity contribution >= 4 is 23.6 Å². The summed E-state index contributed by atoms with van der Waals surface area (Å²) in [5, 5.41) is 5.55. The molecule has 1 heterocycles. The third kappa shape index (κ3) is 10.2. The molecule has 1 atom stereocenters. The number of nitrogens with zero attached hydrogens (tertiary/aromatic N) is 1. The number of nitrogens with one attached hydrogen (secondary N) is 2. The van der Waals surface area contributed by atoms with Crippen LogP contribution in [0, 0.1) is 11.8 Å². The van der Waals surface area contributed by atoms with Crippen molar-refractivity contribution in [2.75, 3.05) is 19.6 Å². The van der Waals surface area contributed by atoms with Crippen LogP contribution in [0.1, 0.15) is 65.7 Å². The standard InChI is InChI=1S/C21H35N3O4/c1-16(2)6-4-7-17(3)9-10-19(26)23-14-13-22-18(25)8-5-15-24-20(27)11-12-21(24)28/h11-12,16-17H,4-10,13-15H2,1-3H3,(H,22,25)(H,23,26). The molecular formula is C21H35N3O4. The Morgan fingerprint density at radius 3 is 2.00 bits per heavy atom. The van der Waals surface area contributed by atoms with Gasteiger partial charge in [0.25, 0.3) is 11.8 Å². The number of amides is 4. The Balaban J connectivity index is 2.00. The van der Waals surface area contributed by atoms with Gasteiger partial charge in [0.2, 0.25) is 11.8 Å². The molecule has 1 aliphatic heterocycles. The van der Waals surface area contributed by atoms with Crippen LogP contribution in [0.5, 0.6) is 0 Å². The predicted octanol–water partition coefficient (Wildman–Crippen LogP) is 2.17. The van der Waals surface area contributed by atoms with Gasteiger partial charge in [0.05, 0.1) is 0 Å². The van der Waals surface area contributed by atoms with Gasteiger partial charge in [-0.05, 0) is 24.7 Å². The maximum atomic E-state index is 11.9. The van der Waals surface area contributed by atoms with E-state index in [4.69, 9.17) is 0 Å². The normalized spacial score (nSPS) is 14.6.